The summed E-state index contributed by atoms with van der Waals surface area (Å²) in [4.78, 5) is 8.18. The van der Waals surface area contributed by atoms with Crippen molar-refractivity contribution in [2.75, 3.05) is 23.7 Å². The summed E-state index contributed by atoms with van der Waals surface area (Å²) >= 11 is 0. The number of aromatic nitrogens is 2. The first kappa shape index (κ1) is 14.5. The van der Waals surface area contributed by atoms with Crippen LogP contribution < -0.4 is 10.6 Å². The quantitative estimate of drug-likeness (QED) is 0.827. The molecule has 4 nitrogen and oxygen atoms in total. The number of anilines is 2. The summed E-state index contributed by atoms with van der Waals surface area (Å²) < 4.78 is 36.1. The lowest BCUT2D eigenvalue weighted by Crippen LogP contribution is -2.16. The highest BCUT2D eigenvalue weighted by Crippen LogP contribution is 2.20. The number of aryl methyl sites for hydroxylation is 1. The Morgan fingerprint density at radius 3 is 2.56 bits per heavy atom. The molecule has 0 aliphatic rings. The molecule has 102 valence electrons. The van der Waals surface area contributed by atoms with Gasteiger partial charge in [0.15, 0.2) is 0 Å². The Labute approximate surface area is 104 Å². The molecule has 0 fully saturated rings. The van der Waals surface area contributed by atoms with Gasteiger partial charge in [-0.3, -0.25) is 0 Å². The van der Waals surface area contributed by atoms with Gasteiger partial charge in [-0.05, 0) is 13.3 Å². The minimum atomic E-state index is -4.16. The van der Waals surface area contributed by atoms with Gasteiger partial charge in [-0.1, -0.05) is 6.92 Å². The summed E-state index contributed by atoms with van der Waals surface area (Å²) in [7, 11) is 0. The van der Waals surface area contributed by atoms with Gasteiger partial charge in [0.1, 0.15) is 5.82 Å². The van der Waals surface area contributed by atoms with Crippen molar-refractivity contribution < 1.29 is 13.2 Å². The van der Waals surface area contributed by atoms with Crippen LogP contribution in [0.4, 0.5) is 24.9 Å². The summed E-state index contributed by atoms with van der Waals surface area (Å²) in [6.45, 7) is 4.29. The van der Waals surface area contributed by atoms with Crippen LogP contribution in [-0.4, -0.2) is 29.2 Å². The molecule has 0 saturated carbocycles. The van der Waals surface area contributed by atoms with E-state index in [9.17, 15) is 13.2 Å². The first-order chi connectivity index (χ1) is 8.42. The van der Waals surface area contributed by atoms with E-state index in [4.69, 9.17) is 0 Å². The van der Waals surface area contributed by atoms with Crippen molar-refractivity contribution in [1.29, 1.82) is 0 Å². The van der Waals surface area contributed by atoms with Gasteiger partial charge >= 0.3 is 6.18 Å². The second kappa shape index (κ2) is 6.42. The lowest BCUT2D eigenvalue weighted by molar-refractivity contribution is -0.131. The van der Waals surface area contributed by atoms with Crippen molar-refractivity contribution in [3.05, 3.63) is 11.8 Å². The van der Waals surface area contributed by atoms with E-state index in [-0.39, 0.29) is 6.54 Å². The Morgan fingerprint density at radius 1 is 1.22 bits per heavy atom. The van der Waals surface area contributed by atoms with Crippen LogP contribution in [0.1, 0.15) is 25.3 Å². The molecular formula is C11H17F3N4. The number of alkyl halides is 3. The average molecular weight is 262 g/mol. The molecule has 0 bridgehead atoms. The SMILES string of the molecule is CCCNc1ncc(C)c(NCCC(F)(F)F)n1. The van der Waals surface area contributed by atoms with E-state index in [1.54, 1.807) is 13.1 Å². The molecule has 1 aromatic rings. The first-order valence-electron chi connectivity index (χ1n) is 5.80. The molecule has 0 unspecified atom stereocenters. The lowest BCUT2D eigenvalue weighted by atomic mass is 10.3. The summed E-state index contributed by atoms with van der Waals surface area (Å²) in [5, 5.41) is 5.66. The molecule has 0 atom stereocenters. The molecule has 7 heteroatoms. The van der Waals surface area contributed by atoms with Crippen LogP contribution in [0.3, 0.4) is 0 Å². The van der Waals surface area contributed by atoms with E-state index in [1.165, 1.54) is 0 Å². The normalized spacial score (nSPS) is 11.4. The highest BCUT2D eigenvalue weighted by atomic mass is 19.4. The Hall–Kier alpha value is -1.53. The summed E-state index contributed by atoms with van der Waals surface area (Å²) in [5.41, 5.74) is 0.722. The number of hydrogen-bond acceptors (Lipinski definition) is 4. The maximum absolute atomic E-state index is 12.0. The lowest BCUT2D eigenvalue weighted by Gasteiger charge is -2.11. The van der Waals surface area contributed by atoms with Crippen LogP contribution in [0.2, 0.25) is 0 Å². The maximum Gasteiger partial charge on any atom is 0.390 e. The fourth-order valence-corrected chi connectivity index (χ4v) is 1.27. The Bertz CT molecular complexity index is 379. The molecule has 0 spiro atoms. The first-order valence-corrected chi connectivity index (χ1v) is 5.80. The molecule has 0 radical (unpaired) electrons. The van der Waals surface area contributed by atoms with Gasteiger partial charge in [-0.2, -0.15) is 18.2 Å². The second-order valence-electron chi connectivity index (χ2n) is 3.94. The standard InChI is InChI=1S/C11H17F3N4/c1-3-5-16-10-17-7-8(2)9(18-10)15-6-4-11(12,13)14/h7H,3-6H2,1-2H3,(H2,15,16,17,18). The van der Waals surface area contributed by atoms with E-state index < -0.39 is 12.6 Å². The van der Waals surface area contributed by atoms with E-state index >= 15 is 0 Å². The third-order valence-corrected chi connectivity index (χ3v) is 2.21. The van der Waals surface area contributed by atoms with E-state index in [0.29, 0.717) is 11.8 Å². The molecule has 2 N–H and O–H groups in total. The van der Waals surface area contributed by atoms with Crippen LogP contribution in [0.15, 0.2) is 6.20 Å². The fourth-order valence-electron chi connectivity index (χ4n) is 1.27. The van der Waals surface area contributed by atoms with Crippen molar-refractivity contribution in [2.45, 2.75) is 32.9 Å². The van der Waals surface area contributed by atoms with Gasteiger partial charge < -0.3 is 10.6 Å². The van der Waals surface area contributed by atoms with Crippen LogP contribution in [-0.2, 0) is 0 Å². The van der Waals surface area contributed by atoms with Crippen LogP contribution in [0, 0.1) is 6.92 Å². The zero-order valence-corrected chi connectivity index (χ0v) is 10.4. The third kappa shape index (κ3) is 5.20. The average Bonchev–Trinajstić information content (AvgIpc) is 2.28. The molecule has 1 heterocycles. The van der Waals surface area contributed by atoms with Crippen molar-refractivity contribution in [3.63, 3.8) is 0 Å². The smallest absolute Gasteiger partial charge is 0.369 e. The molecule has 1 rings (SSSR count). The molecule has 1 aromatic heterocycles. The maximum atomic E-state index is 12.0. The number of nitrogens with one attached hydrogen (secondary N) is 2. The van der Waals surface area contributed by atoms with Gasteiger partial charge in [0.25, 0.3) is 0 Å². The van der Waals surface area contributed by atoms with Crippen molar-refractivity contribution >= 4 is 11.8 Å². The van der Waals surface area contributed by atoms with Gasteiger partial charge in [-0.15, -0.1) is 0 Å². The van der Waals surface area contributed by atoms with Crippen LogP contribution in [0.25, 0.3) is 0 Å². The number of hydrogen-bond donors (Lipinski definition) is 2. The topological polar surface area (TPSA) is 49.8 Å². The number of rotatable bonds is 6. The van der Waals surface area contributed by atoms with Gasteiger partial charge in [0.2, 0.25) is 5.95 Å². The minimum Gasteiger partial charge on any atom is -0.369 e. The number of nitrogens with zero attached hydrogens (tertiary/aromatic N) is 2. The Kier molecular flexibility index (Phi) is 5.18. The highest BCUT2D eigenvalue weighted by molar-refractivity contribution is 5.46. The van der Waals surface area contributed by atoms with Crippen molar-refractivity contribution in [3.8, 4) is 0 Å². The molecule has 18 heavy (non-hydrogen) atoms. The van der Waals surface area contributed by atoms with Gasteiger partial charge in [0.05, 0.1) is 6.42 Å². The third-order valence-electron chi connectivity index (χ3n) is 2.21. The van der Waals surface area contributed by atoms with E-state index in [1.807, 2.05) is 6.92 Å². The molecule has 0 aliphatic carbocycles. The predicted molar refractivity (Wildman–Crippen MR) is 64.7 cm³/mol. The van der Waals surface area contributed by atoms with E-state index in [2.05, 4.69) is 20.6 Å². The second-order valence-corrected chi connectivity index (χ2v) is 3.94. The zero-order chi connectivity index (χ0) is 13.6. The highest BCUT2D eigenvalue weighted by Gasteiger charge is 2.26. The van der Waals surface area contributed by atoms with E-state index in [0.717, 1.165) is 18.5 Å². The Balaban J connectivity index is 2.58. The molecule has 0 aromatic carbocycles. The monoisotopic (exact) mass is 262 g/mol. The van der Waals surface area contributed by atoms with Crippen molar-refractivity contribution in [1.82, 2.24) is 9.97 Å². The summed E-state index contributed by atoms with van der Waals surface area (Å²) in [5.74, 6) is 0.866. The Morgan fingerprint density at radius 2 is 1.94 bits per heavy atom. The van der Waals surface area contributed by atoms with Crippen molar-refractivity contribution in [2.24, 2.45) is 0 Å². The van der Waals surface area contributed by atoms with Crippen LogP contribution >= 0.6 is 0 Å². The molecule has 0 amide bonds. The van der Waals surface area contributed by atoms with Gasteiger partial charge in [-0.25, -0.2) is 4.98 Å². The molecule has 0 saturated heterocycles. The summed E-state index contributed by atoms with van der Waals surface area (Å²) in [6.07, 6.45) is -2.53. The minimum absolute atomic E-state index is 0.186. The largest absolute Gasteiger partial charge is 0.390 e. The predicted octanol–water partition coefficient (Wildman–Crippen LogP) is 2.97. The summed E-state index contributed by atoms with van der Waals surface area (Å²) in [6, 6.07) is 0. The molecular weight excluding hydrogens is 245 g/mol. The molecule has 0 aliphatic heterocycles. The van der Waals surface area contributed by atoms with Crippen LogP contribution in [0.5, 0.6) is 0 Å². The zero-order valence-electron chi connectivity index (χ0n) is 10.4. The number of halogens is 3. The fraction of sp³-hybridized carbons (Fsp3) is 0.636. The van der Waals surface area contributed by atoms with Gasteiger partial charge in [0, 0.05) is 24.8 Å².